The number of hydrogen-bond donors (Lipinski definition) is 2. The molecule has 0 unspecified atom stereocenters. The van der Waals surface area contributed by atoms with Crippen molar-refractivity contribution in [2.24, 2.45) is 0 Å². The second-order valence-corrected chi connectivity index (χ2v) is 6.96. The topological polar surface area (TPSA) is 84.4 Å². The normalized spacial score (nSPS) is 13.7. The first-order chi connectivity index (χ1) is 14.7. The van der Waals surface area contributed by atoms with E-state index in [1.165, 1.54) is 0 Å². The van der Waals surface area contributed by atoms with Crippen molar-refractivity contribution in [2.45, 2.75) is 13.8 Å². The van der Waals surface area contributed by atoms with Crippen LogP contribution in [-0.2, 0) is 4.74 Å². The monoisotopic (exact) mass is 406 g/mol. The molecule has 0 bridgehead atoms. The van der Waals surface area contributed by atoms with Gasteiger partial charge < -0.3 is 25.0 Å². The summed E-state index contributed by atoms with van der Waals surface area (Å²) >= 11 is 0. The van der Waals surface area contributed by atoms with Gasteiger partial charge in [0.25, 0.3) is 0 Å². The van der Waals surface area contributed by atoms with Crippen LogP contribution in [-0.4, -0.2) is 47.9 Å². The van der Waals surface area contributed by atoms with Gasteiger partial charge in [-0.25, -0.2) is 0 Å². The van der Waals surface area contributed by atoms with Gasteiger partial charge in [0.05, 0.1) is 19.8 Å². The summed E-state index contributed by atoms with van der Waals surface area (Å²) < 4.78 is 11.0. The molecular weight excluding hydrogens is 380 g/mol. The number of anilines is 5. The number of morpholine rings is 1. The fourth-order valence-electron chi connectivity index (χ4n) is 3.16. The molecule has 3 aromatic rings. The van der Waals surface area contributed by atoms with Crippen LogP contribution in [0.1, 0.15) is 12.5 Å². The Hall–Kier alpha value is -3.39. The van der Waals surface area contributed by atoms with Crippen LogP contribution >= 0.6 is 0 Å². The van der Waals surface area contributed by atoms with Crippen LogP contribution in [0.2, 0.25) is 0 Å². The lowest BCUT2D eigenvalue weighted by Crippen LogP contribution is -2.37. The fourth-order valence-corrected chi connectivity index (χ4v) is 3.16. The molecule has 0 aliphatic carbocycles. The molecule has 0 saturated carbocycles. The van der Waals surface area contributed by atoms with Gasteiger partial charge in [0.15, 0.2) is 0 Å². The zero-order chi connectivity index (χ0) is 20.8. The minimum absolute atomic E-state index is 0.478. The maximum Gasteiger partial charge on any atom is 0.233 e. The van der Waals surface area contributed by atoms with E-state index in [0.29, 0.717) is 37.7 Å². The Bertz CT molecular complexity index is 974. The third-order valence-corrected chi connectivity index (χ3v) is 4.61. The Morgan fingerprint density at radius 2 is 1.63 bits per heavy atom. The smallest absolute Gasteiger partial charge is 0.233 e. The predicted molar refractivity (Wildman–Crippen MR) is 118 cm³/mol. The molecule has 1 aliphatic rings. The van der Waals surface area contributed by atoms with Gasteiger partial charge in [0, 0.05) is 24.5 Å². The van der Waals surface area contributed by atoms with Crippen LogP contribution in [0.25, 0.3) is 0 Å². The molecule has 1 saturated heterocycles. The van der Waals surface area contributed by atoms with E-state index in [0.717, 1.165) is 35.8 Å². The maximum absolute atomic E-state index is 5.51. The van der Waals surface area contributed by atoms with Gasteiger partial charge in [0.1, 0.15) is 5.75 Å². The molecule has 1 fully saturated rings. The second-order valence-electron chi connectivity index (χ2n) is 6.96. The van der Waals surface area contributed by atoms with E-state index >= 15 is 0 Å². The van der Waals surface area contributed by atoms with Gasteiger partial charge in [-0.2, -0.15) is 15.0 Å². The summed E-state index contributed by atoms with van der Waals surface area (Å²) in [5, 5.41) is 6.57. The summed E-state index contributed by atoms with van der Waals surface area (Å²) in [6, 6.07) is 15.8. The number of ether oxygens (including phenoxy) is 2. The Morgan fingerprint density at radius 3 is 2.30 bits per heavy atom. The lowest BCUT2D eigenvalue weighted by Gasteiger charge is -2.27. The zero-order valence-corrected chi connectivity index (χ0v) is 17.3. The van der Waals surface area contributed by atoms with E-state index in [-0.39, 0.29) is 0 Å². The molecule has 2 heterocycles. The van der Waals surface area contributed by atoms with Crippen LogP contribution in [0.3, 0.4) is 0 Å². The van der Waals surface area contributed by atoms with Crippen molar-refractivity contribution in [2.75, 3.05) is 48.4 Å². The third-order valence-electron chi connectivity index (χ3n) is 4.61. The number of rotatable bonds is 7. The van der Waals surface area contributed by atoms with Crippen LogP contribution in [0.5, 0.6) is 5.75 Å². The molecule has 0 radical (unpaired) electrons. The van der Waals surface area contributed by atoms with Gasteiger partial charge >= 0.3 is 0 Å². The number of aryl methyl sites for hydroxylation is 1. The molecule has 30 heavy (non-hydrogen) atoms. The van der Waals surface area contributed by atoms with E-state index in [1.807, 2.05) is 43.3 Å². The molecule has 0 amide bonds. The Balaban J connectivity index is 1.60. The van der Waals surface area contributed by atoms with Crippen molar-refractivity contribution in [1.29, 1.82) is 0 Å². The summed E-state index contributed by atoms with van der Waals surface area (Å²) in [5.41, 5.74) is 2.97. The van der Waals surface area contributed by atoms with Crippen molar-refractivity contribution >= 4 is 29.2 Å². The first kappa shape index (κ1) is 19.9. The molecule has 2 aromatic carbocycles. The standard InChI is InChI=1S/C22H26N6O2/c1-3-30-19-9-7-17(8-10-19)23-20-25-21(24-18-6-4-5-16(2)15-18)27-22(26-20)28-11-13-29-14-12-28/h4-10,15H,3,11-14H2,1-2H3,(H2,23,24,25,26,27). The van der Waals surface area contributed by atoms with Crippen LogP contribution in [0, 0.1) is 6.92 Å². The molecule has 0 atom stereocenters. The van der Waals surface area contributed by atoms with Crippen molar-refractivity contribution in [3.63, 3.8) is 0 Å². The van der Waals surface area contributed by atoms with Gasteiger partial charge in [-0.1, -0.05) is 12.1 Å². The molecule has 2 N–H and O–H groups in total. The van der Waals surface area contributed by atoms with E-state index in [4.69, 9.17) is 9.47 Å². The minimum Gasteiger partial charge on any atom is -0.494 e. The molecule has 0 spiro atoms. The molecule has 4 rings (SSSR count). The van der Waals surface area contributed by atoms with E-state index < -0.39 is 0 Å². The number of hydrogen-bond acceptors (Lipinski definition) is 8. The van der Waals surface area contributed by atoms with Gasteiger partial charge in [-0.05, 0) is 55.8 Å². The lowest BCUT2D eigenvalue weighted by molar-refractivity contribution is 0.122. The molecule has 156 valence electrons. The highest BCUT2D eigenvalue weighted by atomic mass is 16.5. The van der Waals surface area contributed by atoms with E-state index in [2.05, 4.69) is 49.5 Å². The molecule has 8 nitrogen and oxygen atoms in total. The maximum atomic E-state index is 5.51. The summed E-state index contributed by atoms with van der Waals surface area (Å²) in [5.74, 6) is 2.42. The SMILES string of the molecule is CCOc1ccc(Nc2nc(Nc3cccc(C)c3)nc(N3CCOCC3)n2)cc1. The Labute approximate surface area is 176 Å². The van der Waals surface area contributed by atoms with Crippen LogP contribution < -0.4 is 20.3 Å². The predicted octanol–water partition coefficient (Wildman–Crippen LogP) is 3.90. The van der Waals surface area contributed by atoms with Crippen molar-refractivity contribution in [3.8, 4) is 5.75 Å². The van der Waals surface area contributed by atoms with Crippen molar-refractivity contribution in [3.05, 3.63) is 54.1 Å². The highest BCUT2D eigenvalue weighted by Gasteiger charge is 2.17. The van der Waals surface area contributed by atoms with Gasteiger partial charge in [-0.3, -0.25) is 0 Å². The first-order valence-corrected chi connectivity index (χ1v) is 10.1. The summed E-state index contributed by atoms with van der Waals surface area (Å²) in [6.07, 6.45) is 0. The van der Waals surface area contributed by atoms with Crippen LogP contribution in [0.15, 0.2) is 48.5 Å². The van der Waals surface area contributed by atoms with Gasteiger partial charge in [0.2, 0.25) is 17.8 Å². The van der Waals surface area contributed by atoms with Gasteiger partial charge in [-0.15, -0.1) is 0 Å². The highest BCUT2D eigenvalue weighted by Crippen LogP contribution is 2.22. The Kier molecular flexibility index (Phi) is 6.24. The van der Waals surface area contributed by atoms with Crippen molar-refractivity contribution in [1.82, 2.24) is 15.0 Å². The van der Waals surface area contributed by atoms with Crippen molar-refractivity contribution < 1.29 is 9.47 Å². The summed E-state index contributed by atoms with van der Waals surface area (Å²) in [4.78, 5) is 16.0. The third kappa shape index (κ3) is 5.15. The molecular formula is C22H26N6O2. The zero-order valence-electron chi connectivity index (χ0n) is 17.3. The van der Waals surface area contributed by atoms with E-state index in [9.17, 15) is 0 Å². The molecule has 1 aliphatic heterocycles. The quantitative estimate of drug-likeness (QED) is 0.611. The number of nitrogens with one attached hydrogen (secondary N) is 2. The number of benzene rings is 2. The molecule has 8 heteroatoms. The summed E-state index contributed by atoms with van der Waals surface area (Å²) in [6.45, 7) is 7.47. The average molecular weight is 406 g/mol. The van der Waals surface area contributed by atoms with E-state index in [1.54, 1.807) is 0 Å². The first-order valence-electron chi connectivity index (χ1n) is 10.1. The number of nitrogens with zero attached hydrogens (tertiary/aromatic N) is 4. The minimum atomic E-state index is 0.478. The largest absolute Gasteiger partial charge is 0.494 e. The fraction of sp³-hybridized carbons (Fsp3) is 0.318. The Morgan fingerprint density at radius 1 is 0.933 bits per heavy atom. The highest BCUT2D eigenvalue weighted by molar-refractivity contribution is 5.60. The summed E-state index contributed by atoms with van der Waals surface area (Å²) in [7, 11) is 0. The number of aromatic nitrogens is 3. The molecule has 1 aromatic heterocycles. The average Bonchev–Trinajstić information content (AvgIpc) is 2.76. The van der Waals surface area contributed by atoms with Crippen LogP contribution in [0.4, 0.5) is 29.2 Å². The lowest BCUT2D eigenvalue weighted by atomic mass is 10.2. The second kappa shape index (κ2) is 9.41.